The molecule has 82 valence electrons. The van der Waals surface area contributed by atoms with Crippen LogP contribution in [0.15, 0.2) is 11.6 Å². The third kappa shape index (κ3) is 5.02. The summed E-state index contributed by atoms with van der Waals surface area (Å²) in [6, 6.07) is 0. The lowest BCUT2D eigenvalue weighted by Gasteiger charge is -2.15. The molecule has 0 rings (SSSR count). The molecule has 0 N–H and O–H groups in total. The standard InChI is InChI=1S/C11H20O3/c1-8(2)10(4)14-7-6-9(3)11(12)13-5/h6,8,10H,7H2,1-5H3. The maximum Gasteiger partial charge on any atom is 0.333 e. The van der Waals surface area contributed by atoms with Gasteiger partial charge in [0.15, 0.2) is 0 Å². The molecule has 1 unspecified atom stereocenters. The number of carbonyl (C=O) groups is 1. The van der Waals surface area contributed by atoms with Crippen LogP contribution in [0.25, 0.3) is 0 Å². The van der Waals surface area contributed by atoms with Crippen LogP contribution in [0.1, 0.15) is 27.7 Å². The fraction of sp³-hybridized carbons (Fsp3) is 0.727. The van der Waals surface area contributed by atoms with E-state index in [-0.39, 0.29) is 12.1 Å². The number of rotatable bonds is 5. The van der Waals surface area contributed by atoms with Crippen molar-refractivity contribution >= 4 is 5.97 Å². The molecule has 0 fully saturated rings. The number of esters is 1. The maximum absolute atomic E-state index is 11.0. The zero-order valence-corrected chi connectivity index (χ0v) is 9.66. The Morgan fingerprint density at radius 1 is 1.36 bits per heavy atom. The molecule has 0 aliphatic heterocycles. The molecular formula is C11H20O3. The first kappa shape index (κ1) is 13.2. The highest BCUT2D eigenvalue weighted by Crippen LogP contribution is 2.05. The van der Waals surface area contributed by atoms with Gasteiger partial charge in [0.05, 0.1) is 19.8 Å². The van der Waals surface area contributed by atoms with E-state index >= 15 is 0 Å². The van der Waals surface area contributed by atoms with Crippen LogP contribution in [-0.2, 0) is 14.3 Å². The molecule has 0 radical (unpaired) electrons. The van der Waals surface area contributed by atoms with E-state index in [2.05, 4.69) is 18.6 Å². The Labute approximate surface area is 86.1 Å². The van der Waals surface area contributed by atoms with Gasteiger partial charge in [-0.15, -0.1) is 0 Å². The lowest BCUT2D eigenvalue weighted by atomic mass is 10.1. The van der Waals surface area contributed by atoms with Crippen molar-refractivity contribution in [3.8, 4) is 0 Å². The molecule has 0 aromatic carbocycles. The first-order valence-electron chi connectivity index (χ1n) is 4.85. The van der Waals surface area contributed by atoms with Crippen molar-refractivity contribution in [2.75, 3.05) is 13.7 Å². The molecule has 0 saturated heterocycles. The Morgan fingerprint density at radius 2 is 1.93 bits per heavy atom. The Bertz CT molecular complexity index is 207. The number of hydrogen-bond acceptors (Lipinski definition) is 3. The van der Waals surface area contributed by atoms with Gasteiger partial charge >= 0.3 is 5.97 Å². The fourth-order valence-electron chi connectivity index (χ4n) is 0.762. The molecule has 0 bridgehead atoms. The van der Waals surface area contributed by atoms with Crippen LogP contribution >= 0.6 is 0 Å². The van der Waals surface area contributed by atoms with Crippen molar-refractivity contribution in [1.82, 2.24) is 0 Å². The molecular weight excluding hydrogens is 180 g/mol. The quantitative estimate of drug-likeness (QED) is 0.504. The van der Waals surface area contributed by atoms with Crippen molar-refractivity contribution in [3.05, 3.63) is 11.6 Å². The third-order valence-corrected chi connectivity index (χ3v) is 2.19. The van der Waals surface area contributed by atoms with Crippen LogP contribution in [0.3, 0.4) is 0 Å². The van der Waals surface area contributed by atoms with E-state index in [1.54, 1.807) is 13.0 Å². The molecule has 3 nitrogen and oxygen atoms in total. The SMILES string of the molecule is COC(=O)C(C)=CCOC(C)C(C)C. The van der Waals surface area contributed by atoms with Gasteiger partial charge in [-0.1, -0.05) is 13.8 Å². The van der Waals surface area contributed by atoms with Crippen LogP contribution < -0.4 is 0 Å². The smallest absolute Gasteiger partial charge is 0.333 e. The summed E-state index contributed by atoms with van der Waals surface area (Å²) in [7, 11) is 1.37. The van der Waals surface area contributed by atoms with Crippen LogP contribution in [-0.4, -0.2) is 25.8 Å². The van der Waals surface area contributed by atoms with Gasteiger partial charge in [0.2, 0.25) is 0 Å². The largest absolute Gasteiger partial charge is 0.466 e. The van der Waals surface area contributed by atoms with E-state index < -0.39 is 0 Å². The number of ether oxygens (including phenoxy) is 2. The van der Waals surface area contributed by atoms with E-state index in [0.717, 1.165) is 0 Å². The van der Waals surface area contributed by atoms with Gasteiger partial charge in [0.1, 0.15) is 0 Å². The summed E-state index contributed by atoms with van der Waals surface area (Å²) in [4.78, 5) is 11.0. The molecule has 0 aliphatic carbocycles. The summed E-state index contributed by atoms with van der Waals surface area (Å²) in [5.74, 6) is 0.188. The Hall–Kier alpha value is -0.830. The minimum absolute atomic E-state index is 0.205. The molecule has 0 heterocycles. The maximum atomic E-state index is 11.0. The van der Waals surface area contributed by atoms with Gasteiger partial charge in [0, 0.05) is 5.57 Å². The summed E-state index contributed by atoms with van der Waals surface area (Å²) in [5, 5.41) is 0. The second-order valence-corrected chi connectivity index (χ2v) is 3.66. The van der Waals surface area contributed by atoms with Crippen molar-refractivity contribution in [3.63, 3.8) is 0 Å². The highest BCUT2D eigenvalue weighted by Gasteiger charge is 2.06. The van der Waals surface area contributed by atoms with Crippen LogP contribution in [0.5, 0.6) is 0 Å². The predicted octanol–water partition coefficient (Wildman–Crippen LogP) is 2.17. The monoisotopic (exact) mass is 200 g/mol. The lowest BCUT2D eigenvalue weighted by Crippen LogP contribution is -2.15. The second kappa shape index (κ2) is 6.60. The van der Waals surface area contributed by atoms with E-state index in [1.807, 2.05) is 6.92 Å². The van der Waals surface area contributed by atoms with Crippen molar-refractivity contribution < 1.29 is 14.3 Å². The number of hydrogen-bond donors (Lipinski definition) is 0. The summed E-state index contributed by atoms with van der Waals surface area (Å²) >= 11 is 0. The minimum atomic E-state index is -0.300. The van der Waals surface area contributed by atoms with Crippen LogP contribution in [0, 0.1) is 5.92 Å². The van der Waals surface area contributed by atoms with Crippen LogP contribution in [0.4, 0.5) is 0 Å². The molecule has 0 aromatic heterocycles. The minimum Gasteiger partial charge on any atom is -0.466 e. The van der Waals surface area contributed by atoms with Gasteiger partial charge in [-0.25, -0.2) is 4.79 Å². The second-order valence-electron chi connectivity index (χ2n) is 3.66. The highest BCUT2D eigenvalue weighted by molar-refractivity contribution is 5.87. The summed E-state index contributed by atoms with van der Waals surface area (Å²) in [5.41, 5.74) is 0.587. The van der Waals surface area contributed by atoms with Gasteiger partial charge in [-0.3, -0.25) is 0 Å². The Morgan fingerprint density at radius 3 is 2.36 bits per heavy atom. The van der Waals surface area contributed by atoms with E-state index in [1.165, 1.54) is 7.11 Å². The number of methoxy groups -OCH3 is 1. The van der Waals surface area contributed by atoms with E-state index in [4.69, 9.17) is 4.74 Å². The Kier molecular flexibility index (Phi) is 6.21. The Balaban J connectivity index is 3.87. The van der Waals surface area contributed by atoms with Crippen molar-refractivity contribution in [1.29, 1.82) is 0 Å². The normalized spacial score (nSPS) is 14.3. The summed E-state index contributed by atoms with van der Waals surface area (Å²) in [6.45, 7) is 8.39. The molecule has 14 heavy (non-hydrogen) atoms. The summed E-state index contributed by atoms with van der Waals surface area (Å²) < 4.78 is 10.0. The van der Waals surface area contributed by atoms with E-state index in [9.17, 15) is 4.79 Å². The fourth-order valence-corrected chi connectivity index (χ4v) is 0.762. The van der Waals surface area contributed by atoms with Crippen molar-refractivity contribution in [2.45, 2.75) is 33.8 Å². The van der Waals surface area contributed by atoms with Gasteiger partial charge in [-0.05, 0) is 25.8 Å². The first-order chi connectivity index (χ1) is 6.49. The predicted molar refractivity (Wildman–Crippen MR) is 56.0 cm³/mol. The van der Waals surface area contributed by atoms with Gasteiger partial charge in [0.25, 0.3) is 0 Å². The zero-order chi connectivity index (χ0) is 11.1. The van der Waals surface area contributed by atoms with Crippen molar-refractivity contribution in [2.24, 2.45) is 5.92 Å². The van der Waals surface area contributed by atoms with Crippen LogP contribution in [0.2, 0.25) is 0 Å². The molecule has 3 heteroatoms. The average Bonchev–Trinajstić information content (AvgIpc) is 2.15. The molecule has 0 saturated carbocycles. The van der Waals surface area contributed by atoms with E-state index in [0.29, 0.717) is 18.1 Å². The average molecular weight is 200 g/mol. The summed E-state index contributed by atoms with van der Waals surface area (Å²) in [6.07, 6.45) is 1.95. The first-order valence-corrected chi connectivity index (χ1v) is 4.85. The topological polar surface area (TPSA) is 35.5 Å². The van der Waals surface area contributed by atoms with Gasteiger partial charge < -0.3 is 9.47 Å². The zero-order valence-electron chi connectivity index (χ0n) is 9.66. The molecule has 0 aliphatic rings. The molecule has 0 aromatic rings. The van der Waals surface area contributed by atoms with Gasteiger partial charge in [-0.2, -0.15) is 0 Å². The third-order valence-electron chi connectivity index (χ3n) is 2.19. The molecule has 0 spiro atoms. The highest BCUT2D eigenvalue weighted by atomic mass is 16.5. The lowest BCUT2D eigenvalue weighted by molar-refractivity contribution is -0.136. The number of carbonyl (C=O) groups excluding carboxylic acids is 1. The molecule has 1 atom stereocenters. The molecule has 0 amide bonds.